The molecule has 0 atom stereocenters. The average Bonchev–Trinajstić information content (AvgIpc) is 3.04. The maximum atomic E-state index is 12.9. The van der Waals surface area contributed by atoms with Crippen LogP contribution >= 0.6 is 11.3 Å². The van der Waals surface area contributed by atoms with Gasteiger partial charge in [-0.15, -0.1) is 11.3 Å². The van der Waals surface area contributed by atoms with Crippen LogP contribution in [0.1, 0.15) is 38.1 Å². The molecular weight excluding hydrogens is 392 g/mol. The van der Waals surface area contributed by atoms with Crippen molar-refractivity contribution in [2.75, 3.05) is 25.5 Å². The third kappa shape index (κ3) is 3.68. The van der Waals surface area contributed by atoms with Gasteiger partial charge in [-0.2, -0.15) is 0 Å². The van der Waals surface area contributed by atoms with Gasteiger partial charge in [0, 0.05) is 23.4 Å². The number of likely N-dealkylation sites (N-methyl/N-ethyl adjacent to an activating group) is 1. The van der Waals surface area contributed by atoms with E-state index in [0.29, 0.717) is 34.5 Å². The van der Waals surface area contributed by atoms with Gasteiger partial charge in [-0.3, -0.25) is 4.79 Å². The van der Waals surface area contributed by atoms with E-state index in [-0.39, 0.29) is 12.2 Å². The third-order valence-corrected chi connectivity index (χ3v) is 5.97. The number of amides is 1. The molecule has 0 aliphatic carbocycles. The van der Waals surface area contributed by atoms with Crippen LogP contribution in [0.15, 0.2) is 39.5 Å². The number of hydrogen-bond donors (Lipinski definition) is 1. The lowest BCUT2D eigenvalue weighted by molar-refractivity contribution is 0.0526. The van der Waals surface area contributed by atoms with Gasteiger partial charge in [0.2, 0.25) is 0 Å². The Morgan fingerprint density at radius 3 is 2.90 bits per heavy atom. The van der Waals surface area contributed by atoms with Crippen LogP contribution in [-0.2, 0) is 17.7 Å². The summed E-state index contributed by atoms with van der Waals surface area (Å²) in [6, 6.07) is 8.48. The molecule has 1 aliphatic rings. The van der Waals surface area contributed by atoms with Gasteiger partial charge in [0.15, 0.2) is 0 Å². The zero-order valence-electron chi connectivity index (χ0n) is 16.1. The van der Waals surface area contributed by atoms with Crippen molar-refractivity contribution >= 4 is 39.2 Å². The van der Waals surface area contributed by atoms with Crippen LogP contribution in [0.3, 0.4) is 0 Å². The first-order valence-electron chi connectivity index (χ1n) is 9.32. The van der Waals surface area contributed by atoms with Gasteiger partial charge in [-0.05, 0) is 38.1 Å². The van der Waals surface area contributed by atoms with Crippen LogP contribution in [0.25, 0.3) is 11.0 Å². The van der Waals surface area contributed by atoms with Gasteiger partial charge in [-0.1, -0.05) is 18.2 Å². The summed E-state index contributed by atoms with van der Waals surface area (Å²) in [5, 5.41) is 3.80. The van der Waals surface area contributed by atoms with E-state index >= 15 is 0 Å². The number of rotatable bonds is 4. The van der Waals surface area contributed by atoms with Crippen molar-refractivity contribution in [3.63, 3.8) is 0 Å². The number of nitrogens with zero attached hydrogens (tertiary/aromatic N) is 1. The molecule has 0 unspecified atom stereocenters. The molecule has 0 saturated heterocycles. The summed E-state index contributed by atoms with van der Waals surface area (Å²) in [7, 11) is 2.01. The van der Waals surface area contributed by atoms with Gasteiger partial charge < -0.3 is 19.4 Å². The monoisotopic (exact) mass is 412 g/mol. The molecule has 0 fully saturated rings. The number of benzene rings is 1. The number of carbonyl (C=O) groups excluding carboxylic acids is 2. The van der Waals surface area contributed by atoms with Gasteiger partial charge in [-0.25, -0.2) is 9.59 Å². The minimum absolute atomic E-state index is 0.109. The summed E-state index contributed by atoms with van der Waals surface area (Å²) in [4.78, 5) is 40.9. The second-order valence-corrected chi connectivity index (χ2v) is 7.96. The van der Waals surface area contributed by atoms with Crippen molar-refractivity contribution in [1.82, 2.24) is 4.90 Å². The standard InChI is InChI=1S/C21H20N2O5S/c1-3-27-21(26)17-13-8-9-23(2)11-16(13)29-19(17)22-18(24)14-10-12-6-4-5-7-15(12)28-20(14)25/h4-7,10H,3,8-9,11H2,1-2H3,(H,22,24). The van der Waals surface area contributed by atoms with E-state index in [9.17, 15) is 14.4 Å². The quantitative estimate of drug-likeness (QED) is 0.523. The van der Waals surface area contributed by atoms with Crippen molar-refractivity contribution in [1.29, 1.82) is 0 Å². The molecule has 150 valence electrons. The predicted molar refractivity (Wildman–Crippen MR) is 111 cm³/mol. The lowest BCUT2D eigenvalue weighted by atomic mass is 10.0. The highest BCUT2D eigenvalue weighted by molar-refractivity contribution is 7.17. The fraction of sp³-hybridized carbons (Fsp3) is 0.286. The molecule has 3 heterocycles. The van der Waals surface area contributed by atoms with Crippen molar-refractivity contribution in [2.24, 2.45) is 0 Å². The molecule has 1 N–H and O–H groups in total. The zero-order chi connectivity index (χ0) is 20.5. The topological polar surface area (TPSA) is 88.8 Å². The third-order valence-electron chi connectivity index (χ3n) is 4.84. The van der Waals surface area contributed by atoms with E-state index < -0.39 is 17.5 Å². The smallest absolute Gasteiger partial charge is 0.349 e. The Morgan fingerprint density at radius 1 is 1.31 bits per heavy atom. The molecule has 2 aromatic heterocycles. The van der Waals surface area contributed by atoms with Crippen LogP contribution in [-0.4, -0.2) is 37.0 Å². The van der Waals surface area contributed by atoms with E-state index in [2.05, 4.69) is 10.2 Å². The first-order valence-corrected chi connectivity index (χ1v) is 10.1. The Hall–Kier alpha value is -2.97. The summed E-state index contributed by atoms with van der Waals surface area (Å²) in [6.45, 7) is 3.49. The van der Waals surface area contributed by atoms with E-state index in [0.717, 1.165) is 17.0 Å². The molecule has 29 heavy (non-hydrogen) atoms. The maximum Gasteiger partial charge on any atom is 0.349 e. The number of hydrogen-bond acceptors (Lipinski definition) is 7. The molecule has 0 radical (unpaired) electrons. The molecule has 7 nitrogen and oxygen atoms in total. The second kappa shape index (κ2) is 7.81. The highest BCUT2D eigenvalue weighted by Gasteiger charge is 2.29. The number of nitrogens with one attached hydrogen (secondary N) is 1. The SMILES string of the molecule is CCOC(=O)c1c(NC(=O)c2cc3ccccc3oc2=O)sc2c1CCN(C)C2. The molecule has 0 spiro atoms. The lowest BCUT2D eigenvalue weighted by Crippen LogP contribution is -2.26. The van der Waals surface area contributed by atoms with E-state index in [4.69, 9.17) is 9.15 Å². The second-order valence-electron chi connectivity index (χ2n) is 6.86. The van der Waals surface area contributed by atoms with E-state index in [1.807, 2.05) is 7.05 Å². The van der Waals surface area contributed by atoms with Gasteiger partial charge in [0.25, 0.3) is 5.91 Å². The van der Waals surface area contributed by atoms with Crippen molar-refractivity contribution in [3.8, 4) is 0 Å². The molecule has 1 aliphatic heterocycles. The number of carbonyl (C=O) groups is 2. The molecule has 0 saturated carbocycles. The average molecular weight is 412 g/mol. The van der Waals surface area contributed by atoms with E-state index in [1.54, 1.807) is 31.2 Å². The van der Waals surface area contributed by atoms with Gasteiger partial charge in [0.05, 0.1) is 12.2 Å². The molecule has 0 bridgehead atoms. The van der Waals surface area contributed by atoms with Crippen LogP contribution in [0, 0.1) is 0 Å². The maximum absolute atomic E-state index is 12.9. The minimum Gasteiger partial charge on any atom is -0.462 e. The molecule has 3 aromatic rings. The fourth-order valence-corrected chi connectivity index (χ4v) is 4.74. The summed E-state index contributed by atoms with van der Waals surface area (Å²) in [6.07, 6.45) is 0.699. The minimum atomic E-state index is -0.722. The number of fused-ring (bicyclic) bond motifs is 2. The van der Waals surface area contributed by atoms with Crippen LogP contribution in [0.5, 0.6) is 0 Å². The Kier molecular flexibility index (Phi) is 5.21. The number of thiophene rings is 1. The molecule has 4 rings (SSSR count). The number of para-hydroxylation sites is 1. The van der Waals surface area contributed by atoms with E-state index in [1.165, 1.54) is 17.4 Å². The first-order chi connectivity index (χ1) is 14.0. The molecule has 8 heteroatoms. The number of ether oxygens (including phenoxy) is 1. The highest BCUT2D eigenvalue weighted by atomic mass is 32.1. The molecular formula is C21H20N2O5S. The van der Waals surface area contributed by atoms with Crippen molar-refractivity contribution < 1.29 is 18.7 Å². The fourth-order valence-electron chi connectivity index (χ4n) is 3.43. The summed E-state index contributed by atoms with van der Waals surface area (Å²) < 4.78 is 10.5. The van der Waals surface area contributed by atoms with Crippen LogP contribution in [0.2, 0.25) is 0 Å². The molecule has 1 amide bonds. The largest absolute Gasteiger partial charge is 0.462 e. The summed E-state index contributed by atoms with van der Waals surface area (Å²) >= 11 is 1.35. The summed E-state index contributed by atoms with van der Waals surface area (Å²) in [5.74, 6) is -1.07. The van der Waals surface area contributed by atoms with Crippen LogP contribution in [0.4, 0.5) is 5.00 Å². The molecule has 1 aromatic carbocycles. The van der Waals surface area contributed by atoms with Crippen molar-refractivity contribution in [2.45, 2.75) is 19.9 Å². The normalized spacial score (nSPS) is 13.9. The Bertz CT molecular complexity index is 1160. The van der Waals surface area contributed by atoms with Crippen LogP contribution < -0.4 is 10.9 Å². The Labute approximate surface area is 170 Å². The zero-order valence-corrected chi connectivity index (χ0v) is 16.9. The number of esters is 1. The highest BCUT2D eigenvalue weighted by Crippen LogP contribution is 2.37. The lowest BCUT2D eigenvalue weighted by Gasteiger charge is -2.22. The van der Waals surface area contributed by atoms with Crippen molar-refractivity contribution in [3.05, 3.63) is 62.3 Å². The first kappa shape index (κ1) is 19.4. The Balaban J connectivity index is 1.72. The summed E-state index contributed by atoms with van der Waals surface area (Å²) in [5.41, 5.74) is 0.878. The predicted octanol–water partition coefficient (Wildman–Crippen LogP) is 3.27. The van der Waals surface area contributed by atoms with Gasteiger partial charge >= 0.3 is 11.6 Å². The Morgan fingerprint density at radius 2 is 2.10 bits per heavy atom. The number of anilines is 1. The van der Waals surface area contributed by atoms with Gasteiger partial charge in [0.1, 0.15) is 16.1 Å².